The molecule has 0 saturated heterocycles. The molecule has 8 heteroatoms. The van der Waals surface area contributed by atoms with Gasteiger partial charge in [-0.2, -0.15) is 0 Å². The summed E-state index contributed by atoms with van der Waals surface area (Å²) in [6.45, 7) is 1.72. The lowest BCUT2D eigenvalue weighted by Gasteiger charge is -2.13. The van der Waals surface area contributed by atoms with Crippen molar-refractivity contribution < 1.29 is 19.1 Å². The maximum Gasteiger partial charge on any atom is 0.262 e. The summed E-state index contributed by atoms with van der Waals surface area (Å²) in [7, 11) is 1.54. The number of nitrogens with zero attached hydrogens (tertiary/aromatic N) is 1. The first kappa shape index (κ1) is 19.4. The van der Waals surface area contributed by atoms with E-state index < -0.39 is 5.91 Å². The number of rotatable bonds is 7. The molecule has 0 fully saturated rings. The van der Waals surface area contributed by atoms with Crippen LogP contribution in [0.3, 0.4) is 0 Å². The van der Waals surface area contributed by atoms with E-state index in [0.717, 1.165) is 5.56 Å². The number of para-hydroxylation sites is 1. The van der Waals surface area contributed by atoms with Crippen molar-refractivity contribution in [3.05, 3.63) is 65.2 Å². The first-order valence-corrected chi connectivity index (χ1v) is 9.32. The van der Waals surface area contributed by atoms with Crippen LogP contribution in [0.5, 0.6) is 11.5 Å². The molecule has 0 saturated carbocycles. The van der Waals surface area contributed by atoms with Crippen LogP contribution in [0.1, 0.15) is 15.9 Å². The Bertz CT molecular complexity index is 973. The Balaban J connectivity index is 1.65. The third-order valence-corrected chi connectivity index (χ3v) is 4.46. The fraction of sp³-hybridized carbons (Fsp3) is 0.150. The van der Waals surface area contributed by atoms with E-state index in [1.165, 1.54) is 11.3 Å². The summed E-state index contributed by atoms with van der Waals surface area (Å²) in [5.74, 6) is 0.276. The molecular formula is C20H19N3O4S. The number of thiazole rings is 1. The molecule has 2 amide bonds. The highest BCUT2D eigenvalue weighted by Crippen LogP contribution is 2.27. The summed E-state index contributed by atoms with van der Waals surface area (Å²) in [5, 5.41) is 7.66. The van der Waals surface area contributed by atoms with E-state index in [9.17, 15) is 9.59 Å². The lowest BCUT2D eigenvalue weighted by Crippen LogP contribution is -2.23. The first-order valence-electron chi connectivity index (χ1n) is 8.44. The first-order chi connectivity index (χ1) is 13.6. The lowest BCUT2D eigenvalue weighted by atomic mass is 10.1. The van der Waals surface area contributed by atoms with Crippen LogP contribution in [0.15, 0.2) is 54.0 Å². The fourth-order valence-corrected chi connectivity index (χ4v) is 2.99. The van der Waals surface area contributed by atoms with Crippen molar-refractivity contribution >= 4 is 34.0 Å². The van der Waals surface area contributed by atoms with E-state index in [1.54, 1.807) is 49.0 Å². The minimum Gasteiger partial charge on any atom is -0.493 e. The highest BCUT2D eigenvalue weighted by molar-refractivity contribution is 7.13. The molecule has 0 aliphatic rings. The van der Waals surface area contributed by atoms with Gasteiger partial charge < -0.3 is 14.8 Å². The van der Waals surface area contributed by atoms with Gasteiger partial charge in [-0.15, -0.1) is 11.3 Å². The zero-order chi connectivity index (χ0) is 19.9. The van der Waals surface area contributed by atoms with Crippen molar-refractivity contribution in [2.24, 2.45) is 0 Å². The molecule has 0 atom stereocenters. The molecule has 1 aromatic heterocycles. The number of carbonyl (C=O) groups is 2. The van der Waals surface area contributed by atoms with E-state index in [4.69, 9.17) is 9.47 Å². The lowest BCUT2D eigenvalue weighted by molar-refractivity contribution is -0.118. The maximum absolute atomic E-state index is 12.5. The highest BCUT2D eigenvalue weighted by atomic mass is 32.1. The summed E-state index contributed by atoms with van der Waals surface area (Å²) < 4.78 is 10.8. The van der Waals surface area contributed by atoms with Gasteiger partial charge in [0.2, 0.25) is 0 Å². The van der Waals surface area contributed by atoms with Crippen LogP contribution in [0, 0.1) is 6.92 Å². The number of ether oxygens (including phenoxy) is 2. The molecule has 7 nitrogen and oxygen atoms in total. The fourth-order valence-electron chi connectivity index (χ4n) is 2.46. The summed E-state index contributed by atoms with van der Waals surface area (Å²) in [6, 6.07) is 12.2. The number of amides is 2. The van der Waals surface area contributed by atoms with Gasteiger partial charge in [0, 0.05) is 11.6 Å². The van der Waals surface area contributed by atoms with Crippen molar-refractivity contribution in [2.45, 2.75) is 6.92 Å². The molecule has 0 radical (unpaired) electrons. The molecule has 2 aromatic carbocycles. The van der Waals surface area contributed by atoms with Crippen LogP contribution in [-0.2, 0) is 4.79 Å². The molecule has 28 heavy (non-hydrogen) atoms. The zero-order valence-electron chi connectivity index (χ0n) is 15.4. The molecule has 3 rings (SSSR count). The Hall–Kier alpha value is -3.39. The number of hydrogen-bond acceptors (Lipinski definition) is 6. The smallest absolute Gasteiger partial charge is 0.262 e. The number of nitrogens with one attached hydrogen (secondary N) is 2. The summed E-state index contributed by atoms with van der Waals surface area (Å²) >= 11 is 1.31. The van der Waals surface area contributed by atoms with Crippen LogP contribution >= 0.6 is 11.3 Å². The molecule has 1 heterocycles. The third kappa shape index (κ3) is 4.86. The van der Waals surface area contributed by atoms with E-state index in [0.29, 0.717) is 27.9 Å². The largest absolute Gasteiger partial charge is 0.493 e. The standard InChI is InChI=1S/C20H19N3O4S/c1-13-7-8-16(17(11-13)26-2)27-12-18(24)22-15-6-4-3-5-14(15)19(25)23-20-21-9-10-28-20/h3-11H,12H2,1-2H3,(H,22,24)(H,21,23,25). The molecule has 0 bridgehead atoms. The van der Waals surface area contributed by atoms with Gasteiger partial charge in [-0.3, -0.25) is 14.9 Å². The Morgan fingerprint density at radius 1 is 1.11 bits per heavy atom. The number of carbonyl (C=O) groups excluding carboxylic acids is 2. The number of aromatic nitrogens is 1. The van der Waals surface area contributed by atoms with E-state index in [2.05, 4.69) is 15.6 Å². The molecule has 0 unspecified atom stereocenters. The van der Waals surface area contributed by atoms with Crippen molar-refractivity contribution in [3.8, 4) is 11.5 Å². The molecule has 3 aromatic rings. The maximum atomic E-state index is 12.5. The monoisotopic (exact) mass is 397 g/mol. The molecular weight excluding hydrogens is 378 g/mol. The van der Waals surface area contributed by atoms with Gasteiger partial charge in [0.05, 0.1) is 18.4 Å². The summed E-state index contributed by atoms with van der Waals surface area (Å²) in [5.41, 5.74) is 1.74. The number of methoxy groups -OCH3 is 1. The van der Waals surface area contributed by atoms with E-state index >= 15 is 0 Å². The van der Waals surface area contributed by atoms with Crippen LogP contribution in [0.2, 0.25) is 0 Å². The second-order valence-electron chi connectivity index (χ2n) is 5.83. The van der Waals surface area contributed by atoms with Gasteiger partial charge >= 0.3 is 0 Å². The van der Waals surface area contributed by atoms with Crippen LogP contribution in [0.4, 0.5) is 10.8 Å². The Kier molecular flexibility index (Phi) is 6.23. The topological polar surface area (TPSA) is 89.5 Å². The number of anilines is 2. The predicted octanol–water partition coefficient (Wildman–Crippen LogP) is 3.73. The van der Waals surface area contributed by atoms with Gasteiger partial charge in [0.15, 0.2) is 23.2 Å². The highest BCUT2D eigenvalue weighted by Gasteiger charge is 2.15. The zero-order valence-corrected chi connectivity index (χ0v) is 16.2. The average molecular weight is 397 g/mol. The minimum atomic E-state index is -0.392. The van der Waals surface area contributed by atoms with Crippen molar-refractivity contribution in [1.29, 1.82) is 0 Å². The van der Waals surface area contributed by atoms with E-state index in [-0.39, 0.29) is 12.5 Å². The Morgan fingerprint density at radius 2 is 1.93 bits per heavy atom. The SMILES string of the molecule is COc1cc(C)ccc1OCC(=O)Nc1ccccc1C(=O)Nc1nccs1. The quantitative estimate of drug-likeness (QED) is 0.634. The van der Waals surface area contributed by atoms with Gasteiger partial charge in [0.1, 0.15) is 0 Å². The molecule has 0 spiro atoms. The van der Waals surface area contributed by atoms with Crippen molar-refractivity contribution in [1.82, 2.24) is 4.98 Å². The van der Waals surface area contributed by atoms with E-state index in [1.807, 2.05) is 19.1 Å². The average Bonchev–Trinajstić information content (AvgIpc) is 3.20. The number of hydrogen-bond donors (Lipinski definition) is 2. The van der Waals surface area contributed by atoms with Crippen LogP contribution in [-0.4, -0.2) is 30.5 Å². The number of benzene rings is 2. The minimum absolute atomic E-state index is 0.220. The third-order valence-electron chi connectivity index (χ3n) is 3.78. The van der Waals surface area contributed by atoms with Crippen LogP contribution in [0.25, 0.3) is 0 Å². The molecule has 0 aliphatic carbocycles. The second kappa shape index (κ2) is 9.01. The van der Waals surface area contributed by atoms with Gasteiger partial charge in [-0.25, -0.2) is 4.98 Å². The summed E-state index contributed by atoms with van der Waals surface area (Å²) in [6.07, 6.45) is 1.60. The Labute approximate surface area is 166 Å². The summed E-state index contributed by atoms with van der Waals surface area (Å²) in [4.78, 5) is 28.8. The van der Waals surface area contributed by atoms with Gasteiger partial charge in [-0.1, -0.05) is 18.2 Å². The molecule has 144 valence electrons. The number of aryl methyl sites for hydroxylation is 1. The molecule has 0 aliphatic heterocycles. The van der Waals surface area contributed by atoms with Gasteiger partial charge in [0.25, 0.3) is 11.8 Å². The van der Waals surface area contributed by atoms with Crippen molar-refractivity contribution in [2.75, 3.05) is 24.4 Å². The normalized spacial score (nSPS) is 10.2. The Morgan fingerprint density at radius 3 is 2.68 bits per heavy atom. The van der Waals surface area contributed by atoms with Gasteiger partial charge in [-0.05, 0) is 36.8 Å². The second-order valence-corrected chi connectivity index (χ2v) is 6.72. The van der Waals surface area contributed by atoms with Crippen molar-refractivity contribution in [3.63, 3.8) is 0 Å². The van der Waals surface area contributed by atoms with Crippen LogP contribution < -0.4 is 20.1 Å². The predicted molar refractivity (Wildman–Crippen MR) is 108 cm³/mol. The molecule has 2 N–H and O–H groups in total.